The number of nitrogens with one attached hydrogen (secondary N) is 1. The molecule has 0 aliphatic heterocycles. The molecule has 0 amide bonds. The fourth-order valence-corrected chi connectivity index (χ4v) is 4.78. The van der Waals surface area contributed by atoms with E-state index < -0.39 is 6.04 Å². The molecule has 36 heavy (non-hydrogen) atoms. The van der Waals surface area contributed by atoms with Gasteiger partial charge >= 0.3 is 0 Å². The minimum Gasteiger partial charge on any atom is -0.396 e. The van der Waals surface area contributed by atoms with Crippen LogP contribution in [0.3, 0.4) is 0 Å². The molecule has 4 heterocycles. The number of aliphatic hydroxyl groups is 1. The molecule has 0 saturated heterocycles. The minimum atomic E-state index is -0.450. The number of hydrogen-bond donors (Lipinski definition) is 2. The molecule has 1 atom stereocenters. The van der Waals surface area contributed by atoms with Gasteiger partial charge in [0.2, 0.25) is 0 Å². The highest BCUT2D eigenvalue weighted by Crippen LogP contribution is 2.36. The zero-order chi connectivity index (χ0) is 25.1. The Morgan fingerprint density at radius 3 is 2.72 bits per heavy atom. The quantitative estimate of drug-likeness (QED) is 0.404. The summed E-state index contributed by atoms with van der Waals surface area (Å²) < 4.78 is 3.29. The molecule has 0 radical (unpaired) electrons. The Morgan fingerprint density at radius 2 is 1.97 bits per heavy atom. The maximum atomic E-state index is 9.40. The number of fused-ring (bicyclic) bond motifs is 1. The molecule has 4 aromatic heterocycles. The first-order chi connectivity index (χ1) is 17.6. The van der Waals surface area contributed by atoms with Crippen LogP contribution in [-0.4, -0.2) is 52.5 Å². The Balaban J connectivity index is 1.46. The molecule has 0 bridgehead atoms. The van der Waals surface area contributed by atoms with E-state index in [1.807, 2.05) is 6.20 Å². The Morgan fingerprint density at radius 1 is 1.14 bits per heavy atom. The summed E-state index contributed by atoms with van der Waals surface area (Å²) in [5.74, 6) is 1.44. The van der Waals surface area contributed by atoms with E-state index >= 15 is 0 Å². The van der Waals surface area contributed by atoms with E-state index in [1.54, 1.807) is 40.8 Å². The summed E-state index contributed by atoms with van der Waals surface area (Å²) in [5, 5.41) is 44.9. The van der Waals surface area contributed by atoms with E-state index in [-0.39, 0.29) is 6.61 Å². The number of anilines is 1. The smallest absolute Gasteiger partial charge is 0.164 e. The second-order valence-electron chi connectivity index (χ2n) is 9.18. The van der Waals surface area contributed by atoms with Gasteiger partial charge in [-0.15, -0.1) is 5.10 Å². The number of nitrogens with zero attached hydrogens (tertiary/aromatic N) is 9. The van der Waals surface area contributed by atoms with Gasteiger partial charge in [0.25, 0.3) is 0 Å². The van der Waals surface area contributed by atoms with Crippen molar-refractivity contribution in [2.24, 2.45) is 5.92 Å². The lowest BCUT2D eigenvalue weighted by atomic mass is 9.79. The SMILES string of the molecule is CC(C#N)Nc1cc(-n2ncc3cc(C#N)cnc32)ncc1-n1cc([C@H]2CC[C@H](CCO)CC2)nn1. The van der Waals surface area contributed by atoms with Gasteiger partial charge in [0, 0.05) is 30.2 Å². The van der Waals surface area contributed by atoms with Crippen LogP contribution in [0.5, 0.6) is 0 Å². The maximum absolute atomic E-state index is 9.40. The Labute approximate surface area is 208 Å². The standard InChI is InChI=1S/C25H26N10O/c1-16(10-26)31-21-9-24(35-25-20(13-30-35)8-18(11-27)12-29-25)28-14-23(21)34-15-22(32-33-34)19-4-2-17(3-5-19)6-7-36/h8-9,12-17,19,36H,2-7H2,1H3,(H,28,31)/t16?,17-,19-. The molecule has 4 aromatic rings. The summed E-state index contributed by atoms with van der Waals surface area (Å²) in [6.45, 7) is 2.02. The monoisotopic (exact) mass is 482 g/mol. The van der Waals surface area contributed by atoms with Gasteiger partial charge in [-0.2, -0.15) is 20.3 Å². The van der Waals surface area contributed by atoms with Gasteiger partial charge in [0.05, 0.1) is 41.6 Å². The first-order valence-electron chi connectivity index (χ1n) is 12.0. The van der Waals surface area contributed by atoms with Gasteiger partial charge in [0.1, 0.15) is 17.8 Å². The largest absolute Gasteiger partial charge is 0.396 e. The van der Waals surface area contributed by atoms with Crippen LogP contribution in [0, 0.1) is 28.6 Å². The van der Waals surface area contributed by atoms with Crippen molar-refractivity contribution in [2.45, 2.75) is 51.0 Å². The van der Waals surface area contributed by atoms with Gasteiger partial charge in [0.15, 0.2) is 11.5 Å². The average Bonchev–Trinajstić information content (AvgIpc) is 3.56. The van der Waals surface area contributed by atoms with Gasteiger partial charge < -0.3 is 10.4 Å². The summed E-state index contributed by atoms with van der Waals surface area (Å²) in [6, 6.07) is 7.36. The van der Waals surface area contributed by atoms with Crippen LogP contribution in [0.25, 0.3) is 22.5 Å². The second kappa shape index (κ2) is 10.1. The van der Waals surface area contributed by atoms with Gasteiger partial charge in [-0.3, -0.25) is 0 Å². The zero-order valence-corrected chi connectivity index (χ0v) is 19.9. The lowest BCUT2D eigenvalue weighted by Gasteiger charge is -2.26. The summed E-state index contributed by atoms with van der Waals surface area (Å²) in [4.78, 5) is 8.97. The molecule has 1 aliphatic rings. The molecule has 0 aromatic carbocycles. The summed E-state index contributed by atoms with van der Waals surface area (Å²) >= 11 is 0. The second-order valence-corrected chi connectivity index (χ2v) is 9.18. The predicted octanol–water partition coefficient (Wildman–Crippen LogP) is 3.25. The fourth-order valence-electron chi connectivity index (χ4n) is 4.78. The third-order valence-electron chi connectivity index (χ3n) is 6.75. The number of hydrogen-bond acceptors (Lipinski definition) is 9. The molecule has 1 fully saturated rings. The normalized spacial score (nSPS) is 18.4. The van der Waals surface area contributed by atoms with Crippen molar-refractivity contribution in [3.05, 3.63) is 48.2 Å². The molecule has 11 heteroatoms. The summed E-state index contributed by atoms with van der Waals surface area (Å²) in [5.41, 5.74) is 3.31. The van der Waals surface area contributed by atoms with Crippen molar-refractivity contribution in [3.8, 4) is 23.6 Å². The van der Waals surface area contributed by atoms with Gasteiger partial charge in [-0.1, -0.05) is 5.21 Å². The third kappa shape index (κ3) is 4.61. The van der Waals surface area contributed by atoms with Crippen LogP contribution in [0.2, 0.25) is 0 Å². The Kier molecular flexibility index (Phi) is 6.56. The lowest BCUT2D eigenvalue weighted by molar-refractivity contribution is 0.221. The number of aliphatic hydroxyl groups excluding tert-OH is 1. The number of aromatic nitrogens is 7. The van der Waals surface area contributed by atoms with Gasteiger partial charge in [-0.05, 0) is 51.0 Å². The van der Waals surface area contributed by atoms with Crippen LogP contribution in [-0.2, 0) is 0 Å². The highest BCUT2D eigenvalue weighted by molar-refractivity contribution is 5.77. The van der Waals surface area contributed by atoms with E-state index in [4.69, 9.17) is 5.26 Å². The molecule has 11 nitrogen and oxygen atoms in total. The number of pyridine rings is 2. The third-order valence-corrected chi connectivity index (χ3v) is 6.75. The van der Waals surface area contributed by atoms with Gasteiger partial charge in [-0.25, -0.2) is 14.6 Å². The Bertz CT molecular complexity index is 1450. The summed E-state index contributed by atoms with van der Waals surface area (Å²) in [7, 11) is 0. The highest BCUT2D eigenvalue weighted by Gasteiger charge is 2.25. The molecule has 1 aliphatic carbocycles. The number of nitriles is 2. The van der Waals surface area contributed by atoms with E-state index in [0.717, 1.165) is 43.2 Å². The predicted molar refractivity (Wildman–Crippen MR) is 131 cm³/mol. The van der Waals surface area contributed by atoms with Crippen molar-refractivity contribution >= 4 is 16.7 Å². The first-order valence-corrected chi connectivity index (χ1v) is 12.0. The number of rotatable bonds is 7. The van der Waals surface area contributed by atoms with Crippen LogP contribution < -0.4 is 5.32 Å². The summed E-state index contributed by atoms with van der Waals surface area (Å²) in [6.07, 6.45) is 11.9. The zero-order valence-electron chi connectivity index (χ0n) is 19.9. The molecule has 182 valence electrons. The average molecular weight is 483 g/mol. The van der Waals surface area contributed by atoms with Crippen LogP contribution in [0.15, 0.2) is 36.9 Å². The van der Waals surface area contributed by atoms with Crippen molar-refractivity contribution < 1.29 is 5.11 Å². The minimum absolute atomic E-state index is 0.247. The first kappa shape index (κ1) is 23.4. The molecule has 1 saturated carbocycles. The van der Waals surface area contributed by atoms with Crippen LogP contribution in [0.4, 0.5) is 5.69 Å². The molecular weight excluding hydrogens is 456 g/mol. The van der Waals surface area contributed by atoms with E-state index in [1.165, 1.54) is 6.20 Å². The van der Waals surface area contributed by atoms with Crippen molar-refractivity contribution in [2.75, 3.05) is 11.9 Å². The molecule has 2 N–H and O–H groups in total. The molecular formula is C25H26N10O. The highest BCUT2D eigenvalue weighted by atomic mass is 16.3. The van der Waals surface area contributed by atoms with E-state index in [2.05, 4.69) is 42.8 Å². The van der Waals surface area contributed by atoms with Crippen LogP contribution >= 0.6 is 0 Å². The van der Waals surface area contributed by atoms with Crippen molar-refractivity contribution in [3.63, 3.8) is 0 Å². The lowest BCUT2D eigenvalue weighted by Crippen LogP contribution is -2.16. The van der Waals surface area contributed by atoms with Crippen molar-refractivity contribution in [1.82, 2.24) is 34.7 Å². The van der Waals surface area contributed by atoms with Crippen molar-refractivity contribution in [1.29, 1.82) is 10.5 Å². The molecule has 5 rings (SSSR count). The van der Waals surface area contributed by atoms with Crippen LogP contribution in [0.1, 0.15) is 56.2 Å². The molecule has 1 unspecified atom stereocenters. The molecule has 0 spiro atoms. The Hall–Kier alpha value is -4.35. The fraction of sp³-hybridized carbons (Fsp3) is 0.400. The maximum Gasteiger partial charge on any atom is 0.164 e. The van der Waals surface area contributed by atoms with E-state index in [9.17, 15) is 10.4 Å². The topological polar surface area (TPSA) is 154 Å². The van der Waals surface area contributed by atoms with E-state index in [0.29, 0.717) is 40.2 Å².